The molecule has 1 saturated heterocycles. The van der Waals surface area contributed by atoms with Gasteiger partial charge in [0.05, 0.1) is 6.61 Å². The van der Waals surface area contributed by atoms with Crippen LogP contribution in [0.2, 0.25) is 0 Å². The van der Waals surface area contributed by atoms with Crippen molar-refractivity contribution >= 4 is 23.3 Å². The minimum absolute atomic E-state index is 0.00678. The van der Waals surface area contributed by atoms with Gasteiger partial charge in [0.25, 0.3) is 11.3 Å². The number of fused-ring (bicyclic) bond motifs is 3. The number of rotatable bonds is 5. The highest BCUT2D eigenvalue weighted by molar-refractivity contribution is 7.78. The summed E-state index contributed by atoms with van der Waals surface area (Å²) in [5.41, 5.74) is 3.18. The third-order valence-electron chi connectivity index (χ3n) is 6.48. The summed E-state index contributed by atoms with van der Waals surface area (Å²) in [7, 11) is 0. The lowest BCUT2D eigenvalue weighted by atomic mass is 9.87. The summed E-state index contributed by atoms with van der Waals surface area (Å²) in [6, 6.07) is 24.8. The summed E-state index contributed by atoms with van der Waals surface area (Å²) >= 11 is -2.29. The highest BCUT2D eigenvalue weighted by Gasteiger charge is 2.54. The maximum atomic E-state index is 13.3. The van der Waals surface area contributed by atoms with Crippen molar-refractivity contribution in [3.8, 4) is 11.1 Å². The number of nitrogens with zero attached hydrogens (tertiary/aromatic N) is 1. The molecule has 1 fully saturated rings. The molecule has 34 heavy (non-hydrogen) atoms. The van der Waals surface area contributed by atoms with Crippen LogP contribution in [-0.2, 0) is 31.4 Å². The van der Waals surface area contributed by atoms with Crippen molar-refractivity contribution < 1.29 is 27.8 Å². The fourth-order valence-corrected chi connectivity index (χ4v) is 5.86. The number of hydrogen-bond donors (Lipinski definition) is 1. The first-order chi connectivity index (χ1) is 16.5. The van der Waals surface area contributed by atoms with Crippen LogP contribution in [0.15, 0.2) is 78.9 Å². The number of ether oxygens (including phenoxy) is 1. The summed E-state index contributed by atoms with van der Waals surface area (Å²) in [4.78, 5) is 25.8. The molecule has 0 radical (unpaired) electrons. The lowest BCUT2D eigenvalue weighted by Crippen LogP contribution is -2.62. The molecule has 0 spiro atoms. The Labute approximate surface area is 199 Å². The van der Waals surface area contributed by atoms with Crippen LogP contribution in [0, 0.1) is 0 Å². The maximum Gasteiger partial charge on any atom is 0.424 e. The summed E-state index contributed by atoms with van der Waals surface area (Å²) < 4.78 is 24.4. The largest absolute Gasteiger partial charge is 0.479 e. The molecule has 2 atom stereocenters. The van der Waals surface area contributed by atoms with E-state index in [1.165, 1.54) is 0 Å². The normalized spacial score (nSPS) is 21.5. The van der Waals surface area contributed by atoms with E-state index in [-0.39, 0.29) is 32.0 Å². The highest BCUT2D eigenvalue weighted by Crippen LogP contribution is 2.44. The van der Waals surface area contributed by atoms with E-state index >= 15 is 0 Å². The van der Waals surface area contributed by atoms with Gasteiger partial charge in [-0.1, -0.05) is 78.9 Å². The number of carbonyl (C=O) groups is 2. The molecule has 1 amide bonds. The zero-order chi connectivity index (χ0) is 23.7. The lowest BCUT2D eigenvalue weighted by molar-refractivity contribution is -0.149. The van der Waals surface area contributed by atoms with E-state index in [1.54, 1.807) is 24.3 Å². The zero-order valence-corrected chi connectivity index (χ0v) is 19.1. The van der Waals surface area contributed by atoms with Gasteiger partial charge in [0.15, 0.2) is 5.54 Å². The van der Waals surface area contributed by atoms with Gasteiger partial charge in [-0.05, 0) is 27.8 Å². The van der Waals surface area contributed by atoms with E-state index in [9.17, 15) is 18.9 Å². The van der Waals surface area contributed by atoms with Crippen molar-refractivity contribution in [3.63, 3.8) is 0 Å². The number of aliphatic carboxylic acids is 1. The minimum Gasteiger partial charge on any atom is -0.479 e. The molecule has 1 N–H and O–H groups in total. The Hall–Kier alpha value is -3.49. The fourth-order valence-electron chi connectivity index (χ4n) is 4.83. The van der Waals surface area contributed by atoms with Crippen molar-refractivity contribution in [1.82, 2.24) is 4.31 Å². The molecule has 5 rings (SSSR count). The molecule has 1 heterocycles. The first kappa shape index (κ1) is 22.3. The van der Waals surface area contributed by atoms with Gasteiger partial charge in [0, 0.05) is 18.8 Å². The van der Waals surface area contributed by atoms with Crippen LogP contribution in [0.5, 0.6) is 0 Å². The van der Waals surface area contributed by atoms with Gasteiger partial charge >= 0.3 is 12.1 Å². The molecule has 7 nitrogen and oxygen atoms in total. The summed E-state index contributed by atoms with van der Waals surface area (Å²) in [5.74, 6) is -1.45. The number of hydrogen-bond acceptors (Lipinski definition) is 5. The molecule has 2 aliphatic rings. The fraction of sp³-hybridized carbons (Fsp3) is 0.231. The van der Waals surface area contributed by atoms with Crippen LogP contribution in [0.1, 0.15) is 29.0 Å². The Morgan fingerprint density at radius 2 is 1.56 bits per heavy atom. The van der Waals surface area contributed by atoms with Gasteiger partial charge in [-0.15, -0.1) is 0 Å². The molecule has 174 valence electrons. The van der Waals surface area contributed by atoms with Gasteiger partial charge < -0.3 is 9.84 Å². The second-order valence-electron chi connectivity index (χ2n) is 8.39. The lowest BCUT2D eigenvalue weighted by Gasteiger charge is -2.41. The van der Waals surface area contributed by atoms with Crippen molar-refractivity contribution in [2.75, 3.05) is 13.2 Å². The second kappa shape index (κ2) is 9.04. The predicted molar refractivity (Wildman–Crippen MR) is 126 cm³/mol. The van der Waals surface area contributed by atoms with E-state index in [1.807, 2.05) is 54.6 Å². The number of carboxylic acid groups (broad SMARTS) is 1. The van der Waals surface area contributed by atoms with Crippen molar-refractivity contribution in [1.29, 1.82) is 0 Å². The molecule has 0 saturated carbocycles. The van der Waals surface area contributed by atoms with Crippen LogP contribution in [0.4, 0.5) is 4.79 Å². The van der Waals surface area contributed by atoms with Gasteiger partial charge in [-0.25, -0.2) is 13.8 Å². The predicted octanol–water partition coefficient (Wildman–Crippen LogP) is 4.30. The quantitative estimate of drug-likeness (QED) is 0.589. The Bertz CT molecular complexity index is 1220. The molecule has 0 unspecified atom stereocenters. The summed E-state index contributed by atoms with van der Waals surface area (Å²) in [6.07, 6.45) is -0.992. The molecule has 3 aromatic rings. The number of amides is 1. The molecular formula is C26H23NO6S. The monoisotopic (exact) mass is 477 g/mol. The zero-order valence-electron chi connectivity index (χ0n) is 18.3. The smallest absolute Gasteiger partial charge is 0.424 e. The van der Waals surface area contributed by atoms with Gasteiger partial charge in [0.1, 0.15) is 6.61 Å². The van der Waals surface area contributed by atoms with Gasteiger partial charge in [-0.2, -0.15) is 4.31 Å². The SMILES string of the molecule is O=C(OCC1c2ccccc2-c2ccccc21)N1[S@@](=O)OCC[C@@]1(Cc1ccccc1)C(=O)O. The summed E-state index contributed by atoms with van der Waals surface area (Å²) in [6.45, 7) is -0.0551. The Kier molecular flexibility index (Phi) is 5.93. The van der Waals surface area contributed by atoms with Crippen LogP contribution in [0.25, 0.3) is 11.1 Å². The number of carboxylic acids is 1. The van der Waals surface area contributed by atoms with Crippen LogP contribution < -0.4 is 0 Å². The number of carbonyl (C=O) groups excluding carboxylic acids is 1. The third kappa shape index (κ3) is 3.78. The van der Waals surface area contributed by atoms with Crippen molar-refractivity contribution in [2.24, 2.45) is 0 Å². The second-order valence-corrected chi connectivity index (χ2v) is 9.42. The molecule has 0 bridgehead atoms. The van der Waals surface area contributed by atoms with Gasteiger partial charge in [-0.3, -0.25) is 4.18 Å². The van der Waals surface area contributed by atoms with E-state index in [4.69, 9.17) is 8.92 Å². The highest BCUT2D eigenvalue weighted by atomic mass is 32.2. The average molecular weight is 478 g/mol. The molecule has 8 heteroatoms. The molecule has 1 aliphatic carbocycles. The Morgan fingerprint density at radius 3 is 2.18 bits per heavy atom. The third-order valence-corrected chi connectivity index (χ3v) is 7.64. The first-order valence-electron chi connectivity index (χ1n) is 11.0. The standard InChI is InChI=1S/C26H23NO6S/c28-24(29)26(16-18-8-2-1-3-9-18)14-15-33-34(31)27(26)25(30)32-17-23-21-12-6-4-10-19(21)20-11-5-7-13-22(20)23/h1-13,23H,14-17H2,(H,28,29)/t26-,34+/m1/s1. The average Bonchev–Trinajstić information content (AvgIpc) is 3.17. The minimum atomic E-state index is -2.29. The Morgan fingerprint density at radius 1 is 0.971 bits per heavy atom. The van der Waals surface area contributed by atoms with E-state index in [0.29, 0.717) is 5.56 Å². The first-order valence-corrected chi connectivity index (χ1v) is 12.0. The van der Waals surface area contributed by atoms with Crippen LogP contribution in [0.3, 0.4) is 0 Å². The molecule has 3 aromatic carbocycles. The van der Waals surface area contributed by atoms with Crippen molar-refractivity contribution in [2.45, 2.75) is 24.3 Å². The van der Waals surface area contributed by atoms with Crippen molar-refractivity contribution in [3.05, 3.63) is 95.6 Å². The van der Waals surface area contributed by atoms with E-state index in [2.05, 4.69) is 0 Å². The van der Waals surface area contributed by atoms with Crippen LogP contribution in [-0.4, -0.2) is 44.4 Å². The van der Waals surface area contributed by atoms with E-state index in [0.717, 1.165) is 26.6 Å². The van der Waals surface area contributed by atoms with Gasteiger partial charge in [0.2, 0.25) is 0 Å². The number of benzene rings is 3. The molecule has 1 aliphatic heterocycles. The summed E-state index contributed by atoms with van der Waals surface area (Å²) in [5, 5.41) is 10.2. The Balaban J connectivity index is 1.43. The maximum absolute atomic E-state index is 13.3. The molecular weight excluding hydrogens is 454 g/mol. The molecule has 0 aromatic heterocycles. The van der Waals surface area contributed by atoms with Crippen LogP contribution >= 0.6 is 0 Å². The topological polar surface area (TPSA) is 93.1 Å². The van der Waals surface area contributed by atoms with E-state index < -0.39 is 28.9 Å².